The summed E-state index contributed by atoms with van der Waals surface area (Å²) in [5.41, 5.74) is 5.61. The summed E-state index contributed by atoms with van der Waals surface area (Å²) < 4.78 is 57.5. The van der Waals surface area contributed by atoms with Gasteiger partial charge in [0.25, 0.3) is 0 Å². The Morgan fingerprint density at radius 1 is 1.26 bits per heavy atom. The number of rotatable bonds is 3. The summed E-state index contributed by atoms with van der Waals surface area (Å²) in [6.07, 6.45) is -3.54. The monoisotopic (exact) mass is 569 g/mol. The molecule has 2 heterocycles. The van der Waals surface area contributed by atoms with Crippen LogP contribution in [0.2, 0.25) is 5.02 Å². The molecule has 2 aliphatic rings. The van der Waals surface area contributed by atoms with Crippen molar-refractivity contribution in [3.8, 4) is 11.1 Å². The number of hydrogen-bond donors (Lipinski definition) is 3. The third kappa shape index (κ3) is 5.37. The average molecular weight is 570 g/mol. The Hall–Kier alpha value is -2.76. The third-order valence-electron chi connectivity index (χ3n) is 6.70. The van der Waals surface area contributed by atoms with Crippen LogP contribution < -0.4 is 11.1 Å². The van der Waals surface area contributed by atoms with Crippen molar-refractivity contribution in [1.82, 2.24) is 9.80 Å². The van der Waals surface area contributed by atoms with Gasteiger partial charge in [0, 0.05) is 59.5 Å². The van der Waals surface area contributed by atoms with Crippen LogP contribution in [0.3, 0.4) is 0 Å². The van der Waals surface area contributed by atoms with E-state index in [9.17, 15) is 22.4 Å². The smallest absolute Gasteiger partial charge is 0.382 e. The van der Waals surface area contributed by atoms with E-state index >= 15 is 0 Å². The molecule has 6 nitrogen and oxygen atoms in total. The molecule has 0 saturated carbocycles. The van der Waals surface area contributed by atoms with Gasteiger partial charge in [0.2, 0.25) is 5.91 Å². The van der Waals surface area contributed by atoms with Crippen molar-refractivity contribution in [1.29, 1.82) is 5.41 Å². The van der Waals surface area contributed by atoms with Gasteiger partial charge in [-0.3, -0.25) is 10.2 Å². The van der Waals surface area contributed by atoms with E-state index in [4.69, 9.17) is 22.7 Å². The number of hydrogen-bond acceptors (Lipinski definition) is 5. The summed E-state index contributed by atoms with van der Waals surface area (Å²) in [5, 5.41) is 11.9. The molecule has 4 rings (SSSR count). The third-order valence-corrected chi connectivity index (χ3v) is 8.28. The second-order valence-corrected chi connectivity index (χ2v) is 11.0. The Morgan fingerprint density at radius 3 is 2.50 bits per heavy atom. The molecule has 204 valence electrons. The van der Waals surface area contributed by atoms with Gasteiger partial charge in [-0.2, -0.15) is 13.2 Å². The number of benzene rings is 2. The minimum Gasteiger partial charge on any atom is -0.382 e. The number of piperazine rings is 1. The molecule has 0 radical (unpaired) electrons. The van der Waals surface area contributed by atoms with Gasteiger partial charge in [-0.05, 0) is 43.7 Å². The van der Waals surface area contributed by atoms with Crippen molar-refractivity contribution in [3.63, 3.8) is 0 Å². The number of halogens is 5. The SMILES string of the molecule is C=CC(=O)N1[C@H](C)CN(C(=N)c2cc(C(F)(F)F)c(-c3ccc(F)c(Cl)c3)c3c2NCC(N)CS3)C[C@@H]1C. The van der Waals surface area contributed by atoms with Gasteiger partial charge in [-0.25, -0.2) is 4.39 Å². The van der Waals surface area contributed by atoms with Crippen LogP contribution in [0.25, 0.3) is 11.1 Å². The van der Waals surface area contributed by atoms with Gasteiger partial charge in [0.15, 0.2) is 0 Å². The number of thioether (sulfide) groups is 1. The molecule has 12 heteroatoms. The largest absolute Gasteiger partial charge is 0.417 e. The molecule has 2 aromatic carbocycles. The molecule has 0 bridgehead atoms. The van der Waals surface area contributed by atoms with Gasteiger partial charge in [0.05, 0.1) is 16.3 Å². The molecule has 1 saturated heterocycles. The Balaban J connectivity index is 1.88. The number of nitrogens with one attached hydrogen (secondary N) is 2. The van der Waals surface area contributed by atoms with Crippen LogP contribution >= 0.6 is 23.4 Å². The minimum atomic E-state index is -4.77. The predicted molar refractivity (Wildman–Crippen MR) is 143 cm³/mol. The normalized spacial score (nSPS) is 21.8. The second kappa shape index (κ2) is 10.8. The Bertz CT molecular complexity index is 1280. The zero-order valence-corrected chi connectivity index (χ0v) is 22.4. The lowest BCUT2D eigenvalue weighted by atomic mass is 9.94. The molecule has 1 amide bonds. The highest BCUT2D eigenvalue weighted by molar-refractivity contribution is 7.99. The van der Waals surface area contributed by atoms with Crippen molar-refractivity contribution in [2.45, 2.75) is 43.0 Å². The quantitative estimate of drug-likeness (QED) is 0.198. The fourth-order valence-electron chi connectivity index (χ4n) is 5.02. The van der Waals surface area contributed by atoms with Crippen LogP contribution in [0.1, 0.15) is 25.0 Å². The lowest BCUT2D eigenvalue weighted by Gasteiger charge is -2.45. The van der Waals surface area contributed by atoms with Crippen LogP contribution in [-0.4, -0.2) is 65.1 Å². The number of carbonyl (C=O) groups excluding carboxylic acids is 1. The molecule has 0 spiro atoms. The van der Waals surface area contributed by atoms with Crippen molar-refractivity contribution < 1.29 is 22.4 Å². The fraction of sp³-hybridized carbons (Fsp3) is 0.385. The lowest BCUT2D eigenvalue weighted by molar-refractivity contribution is -0.137. The topological polar surface area (TPSA) is 85.5 Å². The summed E-state index contributed by atoms with van der Waals surface area (Å²) in [6, 6.07) is 3.52. The first kappa shape index (κ1) is 28.3. The molecular formula is C26H28ClF4N5OS. The summed E-state index contributed by atoms with van der Waals surface area (Å²) in [5.74, 6) is -0.729. The maximum absolute atomic E-state index is 14.6. The first-order valence-electron chi connectivity index (χ1n) is 12.0. The summed E-state index contributed by atoms with van der Waals surface area (Å²) in [4.78, 5) is 15.9. The molecule has 0 aromatic heterocycles. The molecular weight excluding hydrogens is 542 g/mol. The Kier molecular flexibility index (Phi) is 8.02. The van der Waals surface area contributed by atoms with Gasteiger partial charge in [-0.1, -0.05) is 24.2 Å². The van der Waals surface area contributed by atoms with Crippen LogP contribution in [0, 0.1) is 11.2 Å². The van der Waals surface area contributed by atoms with E-state index in [2.05, 4.69) is 11.9 Å². The van der Waals surface area contributed by atoms with Gasteiger partial charge < -0.3 is 20.9 Å². The second-order valence-electron chi connectivity index (χ2n) is 9.53. The minimum absolute atomic E-state index is 0.0776. The molecule has 38 heavy (non-hydrogen) atoms. The number of fused-ring (bicyclic) bond motifs is 1. The maximum atomic E-state index is 14.6. The molecule has 2 aromatic rings. The molecule has 1 fully saturated rings. The van der Waals surface area contributed by atoms with E-state index in [0.29, 0.717) is 18.0 Å². The van der Waals surface area contributed by atoms with Crippen LogP contribution in [0.5, 0.6) is 0 Å². The highest BCUT2D eigenvalue weighted by atomic mass is 35.5. The number of nitrogens with zero attached hydrogens (tertiary/aromatic N) is 2. The summed E-state index contributed by atoms with van der Waals surface area (Å²) in [7, 11) is 0. The molecule has 2 aliphatic heterocycles. The van der Waals surface area contributed by atoms with Crippen molar-refractivity contribution in [2.24, 2.45) is 5.73 Å². The molecule has 0 aliphatic carbocycles. The van der Waals surface area contributed by atoms with E-state index < -0.39 is 17.6 Å². The Labute approximate surface area is 227 Å². The average Bonchev–Trinajstić information content (AvgIpc) is 3.05. The number of nitrogens with two attached hydrogens (primary N) is 1. The van der Waals surface area contributed by atoms with E-state index in [1.54, 1.807) is 9.80 Å². The first-order valence-corrected chi connectivity index (χ1v) is 13.3. The van der Waals surface area contributed by atoms with E-state index in [1.807, 2.05) is 13.8 Å². The molecule has 4 N–H and O–H groups in total. The zero-order valence-electron chi connectivity index (χ0n) is 20.8. The van der Waals surface area contributed by atoms with Crippen LogP contribution in [-0.2, 0) is 11.0 Å². The predicted octanol–water partition coefficient (Wildman–Crippen LogP) is 5.44. The maximum Gasteiger partial charge on any atom is 0.417 e. The van der Waals surface area contributed by atoms with E-state index in [0.717, 1.165) is 23.9 Å². The van der Waals surface area contributed by atoms with Gasteiger partial charge in [-0.15, -0.1) is 11.8 Å². The van der Waals surface area contributed by atoms with Gasteiger partial charge >= 0.3 is 6.18 Å². The standard InChI is InChI=1S/C26H28ClF4N5OS/c1-4-21(37)36-13(2)10-35(11-14(36)3)25(33)17-8-18(26(29,30)31)22(15-5-6-20(28)19(27)7-15)24-23(17)34-9-16(32)12-38-24/h4-8,13-14,16,33-34H,1,9-12,32H2,2-3H3/t13-,14+,16?. The number of amides is 1. The molecule has 3 atom stereocenters. The van der Waals surface area contributed by atoms with E-state index in [1.165, 1.54) is 18.2 Å². The lowest BCUT2D eigenvalue weighted by Crippen LogP contribution is -2.59. The highest BCUT2D eigenvalue weighted by Gasteiger charge is 2.40. The number of carbonyl (C=O) groups is 1. The first-order chi connectivity index (χ1) is 17.8. The Morgan fingerprint density at radius 2 is 1.92 bits per heavy atom. The van der Waals surface area contributed by atoms with Crippen LogP contribution in [0.15, 0.2) is 41.8 Å². The summed E-state index contributed by atoms with van der Waals surface area (Å²) in [6.45, 7) is 8.02. The zero-order chi connectivity index (χ0) is 27.9. The number of anilines is 1. The van der Waals surface area contributed by atoms with Crippen molar-refractivity contribution in [3.05, 3.63) is 58.9 Å². The number of alkyl halides is 3. The van der Waals surface area contributed by atoms with Crippen molar-refractivity contribution in [2.75, 3.05) is 30.7 Å². The highest BCUT2D eigenvalue weighted by Crippen LogP contribution is 2.49. The fourth-order valence-corrected chi connectivity index (χ4v) is 6.40. The van der Waals surface area contributed by atoms with E-state index in [-0.39, 0.29) is 69.6 Å². The summed E-state index contributed by atoms with van der Waals surface area (Å²) >= 11 is 7.11. The van der Waals surface area contributed by atoms with Crippen LogP contribution in [0.4, 0.5) is 23.2 Å². The number of amidine groups is 1. The van der Waals surface area contributed by atoms with Crippen molar-refractivity contribution >= 4 is 40.8 Å². The van der Waals surface area contributed by atoms with Gasteiger partial charge in [0.1, 0.15) is 11.7 Å². The molecule has 1 unspecified atom stereocenters.